The topological polar surface area (TPSA) is 56.0 Å². The molecule has 0 amide bonds. The normalized spacial score (nSPS) is 14.5. The zero-order chi connectivity index (χ0) is 12.3. The van der Waals surface area contributed by atoms with Crippen LogP contribution in [0.25, 0.3) is 0 Å². The Morgan fingerprint density at radius 3 is 2.69 bits per heavy atom. The molecule has 5 heteroatoms. The lowest BCUT2D eigenvalue weighted by Crippen LogP contribution is -2.10. The maximum absolute atomic E-state index is 10.6. The standard InChI is InChI=1S/C11H15ClN2O2/c1-4-9(12)8(3)10-5-7(2)11(6-13-10)14(15)16/h5-6,8-9H,4H2,1-3H3. The van der Waals surface area contributed by atoms with Crippen LogP contribution in [0.15, 0.2) is 12.3 Å². The fourth-order valence-corrected chi connectivity index (χ4v) is 1.68. The van der Waals surface area contributed by atoms with Crippen LogP contribution in [0, 0.1) is 17.0 Å². The average molecular weight is 243 g/mol. The van der Waals surface area contributed by atoms with Crippen LogP contribution in [-0.2, 0) is 0 Å². The van der Waals surface area contributed by atoms with Gasteiger partial charge in [0.15, 0.2) is 0 Å². The largest absolute Gasteiger partial charge is 0.290 e. The Kier molecular flexibility index (Phi) is 4.24. The minimum atomic E-state index is -0.422. The van der Waals surface area contributed by atoms with Gasteiger partial charge in [-0.2, -0.15) is 0 Å². The van der Waals surface area contributed by atoms with E-state index in [1.54, 1.807) is 13.0 Å². The molecule has 0 N–H and O–H groups in total. The first kappa shape index (κ1) is 12.9. The quantitative estimate of drug-likeness (QED) is 0.462. The number of aryl methyl sites for hydroxylation is 1. The number of hydrogen-bond acceptors (Lipinski definition) is 3. The molecular formula is C11H15ClN2O2. The highest BCUT2D eigenvalue weighted by atomic mass is 35.5. The summed E-state index contributed by atoms with van der Waals surface area (Å²) in [5.41, 5.74) is 1.49. The summed E-state index contributed by atoms with van der Waals surface area (Å²) in [5, 5.41) is 10.6. The van der Waals surface area contributed by atoms with Gasteiger partial charge >= 0.3 is 0 Å². The van der Waals surface area contributed by atoms with Gasteiger partial charge in [0.1, 0.15) is 6.20 Å². The fourth-order valence-electron chi connectivity index (χ4n) is 1.55. The van der Waals surface area contributed by atoms with Crippen LogP contribution < -0.4 is 0 Å². The van der Waals surface area contributed by atoms with Gasteiger partial charge in [-0.25, -0.2) is 0 Å². The van der Waals surface area contributed by atoms with Gasteiger partial charge in [-0.15, -0.1) is 11.6 Å². The Morgan fingerprint density at radius 2 is 2.25 bits per heavy atom. The van der Waals surface area contributed by atoms with Crippen molar-refractivity contribution in [2.45, 2.75) is 38.5 Å². The summed E-state index contributed by atoms with van der Waals surface area (Å²) in [6.45, 7) is 5.70. The summed E-state index contributed by atoms with van der Waals surface area (Å²) in [4.78, 5) is 14.3. The number of pyridine rings is 1. The third-order valence-corrected chi connectivity index (χ3v) is 3.39. The summed E-state index contributed by atoms with van der Waals surface area (Å²) in [6, 6.07) is 1.74. The number of halogens is 1. The molecule has 88 valence electrons. The third-order valence-electron chi connectivity index (χ3n) is 2.70. The van der Waals surface area contributed by atoms with Crippen molar-refractivity contribution in [1.82, 2.24) is 4.98 Å². The Labute approximate surface area is 99.8 Å². The van der Waals surface area contributed by atoms with E-state index in [-0.39, 0.29) is 17.0 Å². The Bertz CT molecular complexity index is 396. The smallest absolute Gasteiger partial charge is 0.258 e. The summed E-state index contributed by atoms with van der Waals surface area (Å²) in [5.74, 6) is 0.103. The van der Waals surface area contributed by atoms with E-state index in [4.69, 9.17) is 11.6 Å². The zero-order valence-corrected chi connectivity index (χ0v) is 10.4. The first-order valence-corrected chi connectivity index (χ1v) is 5.66. The van der Waals surface area contributed by atoms with Crippen molar-refractivity contribution in [3.05, 3.63) is 33.6 Å². The number of rotatable bonds is 4. The molecule has 2 atom stereocenters. The molecule has 0 saturated heterocycles. The molecule has 0 bridgehead atoms. The molecule has 1 heterocycles. The molecule has 0 aliphatic carbocycles. The molecular weight excluding hydrogens is 228 g/mol. The van der Waals surface area contributed by atoms with E-state index in [0.29, 0.717) is 5.56 Å². The monoisotopic (exact) mass is 242 g/mol. The first-order chi connectivity index (χ1) is 7.47. The van der Waals surface area contributed by atoms with Gasteiger partial charge in [0.25, 0.3) is 5.69 Å². The van der Waals surface area contributed by atoms with Gasteiger partial charge in [0, 0.05) is 22.6 Å². The van der Waals surface area contributed by atoms with Crippen molar-refractivity contribution in [2.75, 3.05) is 0 Å². The van der Waals surface area contributed by atoms with Gasteiger partial charge in [-0.1, -0.05) is 13.8 Å². The van der Waals surface area contributed by atoms with E-state index in [1.807, 2.05) is 13.8 Å². The number of hydrogen-bond donors (Lipinski definition) is 0. The van der Waals surface area contributed by atoms with Gasteiger partial charge < -0.3 is 0 Å². The van der Waals surface area contributed by atoms with Gasteiger partial charge in [-0.05, 0) is 19.4 Å². The predicted molar refractivity (Wildman–Crippen MR) is 64.0 cm³/mol. The molecule has 0 fully saturated rings. The maximum atomic E-state index is 10.6. The molecule has 1 aromatic rings. The van der Waals surface area contributed by atoms with Gasteiger partial charge in [0.05, 0.1) is 4.92 Å². The third kappa shape index (κ3) is 2.70. The lowest BCUT2D eigenvalue weighted by molar-refractivity contribution is -0.385. The number of aromatic nitrogens is 1. The van der Waals surface area contributed by atoms with Crippen molar-refractivity contribution in [1.29, 1.82) is 0 Å². The van der Waals surface area contributed by atoms with Gasteiger partial charge in [-0.3, -0.25) is 15.1 Å². The number of nitrogens with zero attached hydrogens (tertiary/aromatic N) is 2. The second kappa shape index (κ2) is 5.25. The molecule has 4 nitrogen and oxygen atoms in total. The predicted octanol–water partition coefficient (Wildman–Crippen LogP) is 3.42. The Hall–Kier alpha value is -1.16. The molecule has 2 unspecified atom stereocenters. The van der Waals surface area contributed by atoms with Crippen molar-refractivity contribution >= 4 is 17.3 Å². The van der Waals surface area contributed by atoms with E-state index in [1.165, 1.54) is 6.20 Å². The molecule has 0 aromatic carbocycles. The average Bonchev–Trinajstić information content (AvgIpc) is 2.26. The molecule has 0 radical (unpaired) electrons. The van der Waals surface area contributed by atoms with Crippen LogP contribution in [0.5, 0.6) is 0 Å². The van der Waals surface area contributed by atoms with E-state index >= 15 is 0 Å². The van der Waals surface area contributed by atoms with E-state index in [0.717, 1.165) is 12.1 Å². The van der Waals surface area contributed by atoms with Crippen LogP contribution >= 0.6 is 11.6 Å². The van der Waals surface area contributed by atoms with Crippen LogP contribution in [0.1, 0.15) is 37.4 Å². The lowest BCUT2D eigenvalue weighted by Gasteiger charge is -2.15. The van der Waals surface area contributed by atoms with Crippen molar-refractivity contribution in [2.24, 2.45) is 0 Å². The van der Waals surface area contributed by atoms with Crippen LogP contribution in [0.3, 0.4) is 0 Å². The number of alkyl halides is 1. The second-order valence-electron chi connectivity index (χ2n) is 3.87. The summed E-state index contributed by atoms with van der Waals surface area (Å²) < 4.78 is 0. The summed E-state index contributed by atoms with van der Waals surface area (Å²) in [7, 11) is 0. The van der Waals surface area contributed by atoms with Crippen LogP contribution in [0.4, 0.5) is 5.69 Å². The molecule has 0 aliphatic rings. The van der Waals surface area contributed by atoms with Crippen molar-refractivity contribution in [3.63, 3.8) is 0 Å². The molecule has 0 saturated carbocycles. The van der Waals surface area contributed by atoms with Crippen molar-refractivity contribution in [3.8, 4) is 0 Å². The highest BCUT2D eigenvalue weighted by Gasteiger charge is 2.19. The minimum absolute atomic E-state index is 0.00774. The zero-order valence-electron chi connectivity index (χ0n) is 9.61. The maximum Gasteiger partial charge on any atom is 0.290 e. The SMILES string of the molecule is CCC(Cl)C(C)c1cc(C)c([N+](=O)[O-])cn1. The molecule has 16 heavy (non-hydrogen) atoms. The highest BCUT2D eigenvalue weighted by molar-refractivity contribution is 6.21. The van der Waals surface area contributed by atoms with Gasteiger partial charge in [0.2, 0.25) is 0 Å². The first-order valence-electron chi connectivity index (χ1n) is 5.22. The minimum Gasteiger partial charge on any atom is -0.258 e. The van der Waals surface area contributed by atoms with E-state index < -0.39 is 4.92 Å². The Morgan fingerprint density at radius 1 is 1.62 bits per heavy atom. The summed E-state index contributed by atoms with van der Waals surface area (Å²) in [6.07, 6.45) is 2.15. The Balaban J connectivity index is 3.01. The van der Waals surface area contributed by atoms with E-state index in [9.17, 15) is 10.1 Å². The molecule has 1 aromatic heterocycles. The summed E-state index contributed by atoms with van der Waals surface area (Å²) >= 11 is 6.13. The van der Waals surface area contributed by atoms with E-state index in [2.05, 4.69) is 4.98 Å². The highest BCUT2D eigenvalue weighted by Crippen LogP contribution is 2.26. The number of nitro groups is 1. The molecule has 1 rings (SSSR count). The molecule has 0 aliphatic heterocycles. The van der Waals surface area contributed by atoms with Crippen LogP contribution in [-0.4, -0.2) is 15.3 Å². The fraction of sp³-hybridized carbons (Fsp3) is 0.545. The second-order valence-corrected chi connectivity index (χ2v) is 4.43. The lowest BCUT2D eigenvalue weighted by atomic mass is 9.99. The van der Waals surface area contributed by atoms with Crippen molar-refractivity contribution < 1.29 is 4.92 Å². The van der Waals surface area contributed by atoms with Crippen LogP contribution in [0.2, 0.25) is 0 Å². The molecule has 0 spiro atoms.